The van der Waals surface area contributed by atoms with Gasteiger partial charge in [0.2, 0.25) is 0 Å². The van der Waals surface area contributed by atoms with E-state index in [9.17, 15) is 14.7 Å². The molecule has 4 rings (SSSR count). The molecular formula is C23H24N2O5S. The van der Waals surface area contributed by atoms with E-state index in [1.807, 2.05) is 29.8 Å². The zero-order valence-corrected chi connectivity index (χ0v) is 18.2. The highest BCUT2D eigenvalue weighted by Crippen LogP contribution is 2.38. The maximum absolute atomic E-state index is 13.5. The minimum atomic E-state index is -1.32. The lowest BCUT2D eigenvalue weighted by molar-refractivity contribution is 0.0476. The molecule has 1 aromatic carbocycles. The third-order valence-electron chi connectivity index (χ3n) is 5.60. The Balaban J connectivity index is 1.85. The van der Waals surface area contributed by atoms with Crippen molar-refractivity contribution in [3.63, 3.8) is 0 Å². The molecule has 162 valence electrons. The Labute approximate surface area is 184 Å². The lowest BCUT2D eigenvalue weighted by Gasteiger charge is -2.37. The van der Waals surface area contributed by atoms with E-state index in [1.165, 1.54) is 13.2 Å². The van der Waals surface area contributed by atoms with Crippen LogP contribution >= 0.6 is 11.3 Å². The van der Waals surface area contributed by atoms with Gasteiger partial charge in [0, 0.05) is 6.54 Å². The van der Waals surface area contributed by atoms with E-state index in [4.69, 9.17) is 9.47 Å². The Morgan fingerprint density at radius 3 is 2.90 bits per heavy atom. The van der Waals surface area contributed by atoms with Gasteiger partial charge >= 0.3 is 6.09 Å². The zero-order chi connectivity index (χ0) is 22.1. The Morgan fingerprint density at radius 1 is 1.42 bits per heavy atom. The molecule has 0 bridgehead atoms. The van der Waals surface area contributed by atoms with Crippen molar-refractivity contribution in [1.82, 2.24) is 4.90 Å². The maximum Gasteiger partial charge on any atom is 0.416 e. The van der Waals surface area contributed by atoms with Gasteiger partial charge in [0.05, 0.1) is 24.4 Å². The normalized spacial score (nSPS) is 20.4. The van der Waals surface area contributed by atoms with Crippen LogP contribution in [0.4, 0.5) is 10.5 Å². The number of thiophene rings is 1. The second kappa shape index (κ2) is 8.56. The fraction of sp³-hybridized carbons (Fsp3) is 0.304. The molecule has 0 spiro atoms. The number of aliphatic hydroxyl groups excluding tert-OH is 1. The monoisotopic (exact) mass is 440 g/mol. The molecule has 0 radical (unpaired) electrons. The molecule has 31 heavy (non-hydrogen) atoms. The van der Waals surface area contributed by atoms with Crippen LogP contribution in [0.2, 0.25) is 0 Å². The first-order valence-corrected chi connectivity index (χ1v) is 10.9. The number of fused-ring (bicyclic) bond motifs is 2. The highest BCUT2D eigenvalue weighted by Gasteiger charge is 2.43. The van der Waals surface area contributed by atoms with Crippen LogP contribution in [0.15, 0.2) is 47.7 Å². The van der Waals surface area contributed by atoms with Crippen LogP contribution in [0.1, 0.15) is 27.9 Å². The SMILES string of the molecule is C=CCOC(=O)N1c2cc(C)c(OC)cc2C(=O)N2CCC(c3ccsc3)=C[C@H]2C1O. The van der Waals surface area contributed by atoms with E-state index in [2.05, 4.69) is 6.58 Å². The van der Waals surface area contributed by atoms with E-state index in [1.54, 1.807) is 28.4 Å². The average Bonchev–Trinajstić information content (AvgIpc) is 3.29. The number of ether oxygens (including phenoxy) is 2. The third kappa shape index (κ3) is 3.73. The summed E-state index contributed by atoms with van der Waals surface area (Å²) in [5.41, 5.74) is 3.41. The summed E-state index contributed by atoms with van der Waals surface area (Å²) < 4.78 is 10.7. The molecule has 2 aliphatic heterocycles. The van der Waals surface area contributed by atoms with Crippen LogP contribution < -0.4 is 9.64 Å². The van der Waals surface area contributed by atoms with E-state index < -0.39 is 18.4 Å². The minimum Gasteiger partial charge on any atom is -0.496 e. The molecule has 0 fully saturated rings. The quantitative estimate of drug-likeness (QED) is 0.731. The Bertz CT molecular complexity index is 1050. The summed E-state index contributed by atoms with van der Waals surface area (Å²) >= 11 is 1.59. The number of aryl methyl sites for hydroxylation is 1. The van der Waals surface area contributed by atoms with Crippen LogP contribution in [-0.4, -0.2) is 54.5 Å². The molecule has 1 unspecified atom stereocenters. The first kappa shape index (κ1) is 21.1. The Morgan fingerprint density at radius 2 is 2.23 bits per heavy atom. The van der Waals surface area contributed by atoms with Crippen LogP contribution in [0.5, 0.6) is 5.75 Å². The summed E-state index contributed by atoms with van der Waals surface area (Å²) in [6, 6.07) is 4.59. The maximum atomic E-state index is 13.5. The van der Waals surface area contributed by atoms with Gasteiger partial charge in [0.25, 0.3) is 5.91 Å². The van der Waals surface area contributed by atoms with Gasteiger partial charge in [0.1, 0.15) is 12.4 Å². The first-order chi connectivity index (χ1) is 15.0. The van der Waals surface area contributed by atoms with Crippen LogP contribution in [0, 0.1) is 6.92 Å². The molecule has 2 aromatic rings. The molecule has 7 nitrogen and oxygen atoms in total. The highest BCUT2D eigenvalue weighted by atomic mass is 32.1. The van der Waals surface area contributed by atoms with Crippen molar-refractivity contribution in [2.45, 2.75) is 25.6 Å². The van der Waals surface area contributed by atoms with Crippen molar-refractivity contribution < 1.29 is 24.2 Å². The van der Waals surface area contributed by atoms with E-state index >= 15 is 0 Å². The van der Waals surface area contributed by atoms with Crippen LogP contribution in [0.3, 0.4) is 0 Å². The fourth-order valence-electron chi connectivity index (χ4n) is 4.06. The predicted octanol–water partition coefficient (Wildman–Crippen LogP) is 3.82. The number of hydrogen-bond acceptors (Lipinski definition) is 6. The minimum absolute atomic E-state index is 0.00908. The number of carbonyl (C=O) groups is 2. The van der Waals surface area contributed by atoms with Crippen LogP contribution in [0.25, 0.3) is 5.57 Å². The molecule has 1 aromatic heterocycles. The molecule has 8 heteroatoms. The van der Waals surface area contributed by atoms with Gasteiger partial charge in [-0.25, -0.2) is 9.69 Å². The molecule has 0 aliphatic carbocycles. The van der Waals surface area contributed by atoms with Gasteiger partial charge in [0.15, 0.2) is 6.23 Å². The number of aliphatic hydroxyl groups is 1. The number of anilines is 1. The topological polar surface area (TPSA) is 79.3 Å². The van der Waals surface area contributed by atoms with Crippen molar-refractivity contribution in [1.29, 1.82) is 0 Å². The lowest BCUT2D eigenvalue weighted by atomic mass is 9.96. The molecule has 2 amide bonds. The summed E-state index contributed by atoms with van der Waals surface area (Å²) in [6.07, 6.45) is 1.92. The Hall–Kier alpha value is -3.10. The van der Waals surface area contributed by atoms with Gasteiger partial charge in [-0.2, -0.15) is 11.3 Å². The third-order valence-corrected chi connectivity index (χ3v) is 6.28. The molecule has 1 N–H and O–H groups in total. The van der Waals surface area contributed by atoms with Crippen LogP contribution in [-0.2, 0) is 4.74 Å². The predicted molar refractivity (Wildman–Crippen MR) is 119 cm³/mol. The average molecular weight is 441 g/mol. The van der Waals surface area contributed by atoms with Gasteiger partial charge in [-0.3, -0.25) is 4.79 Å². The van der Waals surface area contributed by atoms with Gasteiger partial charge in [-0.1, -0.05) is 18.7 Å². The molecular weight excluding hydrogens is 416 g/mol. The van der Waals surface area contributed by atoms with Crippen molar-refractivity contribution in [2.24, 2.45) is 0 Å². The number of methoxy groups -OCH3 is 1. The molecule has 2 atom stereocenters. The number of carbonyl (C=O) groups excluding carboxylic acids is 2. The molecule has 0 saturated carbocycles. The molecule has 3 heterocycles. The van der Waals surface area contributed by atoms with E-state index in [-0.39, 0.29) is 18.1 Å². The van der Waals surface area contributed by atoms with Gasteiger partial charge < -0.3 is 19.5 Å². The lowest BCUT2D eigenvalue weighted by Crippen LogP contribution is -2.54. The summed E-state index contributed by atoms with van der Waals surface area (Å²) in [5, 5.41) is 15.4. The Kier molecular flexibility index (Phi) is 5.84. The van der Waals surface area contributed by atoms with E-state index in [0.717, 1.165) is 21.6 Å². The summed E-state index contributed by atoms with van der Waals surface area (Å²) in [7, 11) is 1.53. The number of nitrogens with zero attached hydrogens (tertiary/aromatic N) is 2. The van der Waals surface area contributed by atoms with Gasteiger partial charge in [-0.05, 0) is 59.0 Å². The molecule has 2 aliphatic rings. The number of amides is 2. The van der Waals surface area contributed by atoms with Crippen molar-refractivity contribution in [3.05, 3.63) is 64.4 Å². The summed E-state index contributed by atoms with van der Waals surface area (Å²) in [4.78, 5) is 29.2. The van der Waals surface area contributed by atoms with Crippen molar-refractivity contribution in [2.75, 3.05) is 25.2 Å². The largest absolute Gasteiger partial charge is 0.496 e. The second-order valence-electron chi connectivity index (χ2n) is 7.43. The first-order valence-electron chi connectivity index (χ1n) is 9.94. The number of benzene rings is 1. The summed E-state index contributed by atoms with van der Waals surface area (Å²) in [6.45, 7) is 5.80. The van der Waals surface area contributed by atoms with E-state index in [0.29, 0.717) is 24.4 Å². The highest BCUT2D eigenvalue weighted by molar-refractivity contribution is 7.08. The summed E-state index contributed by atoms with van der Waals surface area (Å²) in [5.74, 6) is 0.267. The standard InChI is InChI=1S/C23H24N2O5S/c1-4-8-30-23(28)25-18-10-14(2)20(29-3)12-17(18)21(26)24-7-5-15(11-19(24)22(25)27)16-6-9-31-13-16/h4,6,9-13,19,22,27H,1,5,7-8H2,2-3H3/t19-,22?/m0/s1. The van der Waals surface area contributed by atoms with Crippen molar-refractivity contribution >= 4 is 34.6 Å². The second-order valence-corrected chi connectivity index (χ2v) is 8.21. The number of hydrogen-bond donors (Lipinski definition) is 1. The number of rotatable bonds is 4. The molecule has 0 saturated heterocycles. The zero-order valence-electron chi connectivity index (χ0n) is 17.4. The van der Waals surface area contributed by atoms with Gasteiger partial charge in [-0.15, -0.1) is 0 Å². The smallest absolute Gasteiger partial charge is 0.416 e. The fourth-order valence-corrected chi connectivity index (χ4v) is 4.74. The van der Waals surface area contributed by atoms with Crippen molar-refractivity contribution in [3.8, 4) is 5.75 Å².